The molecule has 0 saturated heterocycles. The number of rotatable bonds is 6. The molecule has 1 aromatic rings. The zero-order chi connectivity index (χ0) is 12.9. The minimum Gasteiger partial charge on any atom is -0.479 e. The fourth-order valence-corrected chi connectivity index (χ4v) is 1.85. The number of ether oxygens (including phenoxy) is 1. The van der Waals surface area contributed by atoms with Crippen LogP contribution in [0, 0.1) is 5.82 Å². The summed E-state index contributed by atoms with van der Waals surface area (Å²) >= 11 is 5.57. The Morgan fingerprint density at radius 2 is 2.06 bits per heavy atom. The van der Waals surface area contributed by atoms with Gasteiger partial charge in [0.1, 0.15) is 5.82 Å². The molecule has 0 bridgehead atoms. The lowest BCUT2D eigenvalue weighted by Gasteiger charge is -2.28. The lowest BCUT2D eigenvalue weighted by Crippen LogP contribution is -2.38. The molecule has 17 heavy (non-hydrogen) atoms. The van der Waals surface area contributed by atoms with Crippen molar-refractivity contribution < 1.29 is 19.0 Å². The largest absolute Gasteiger partial charge is 0.479 e. The molecule has 1 rings (SSSR count). The Labute approximate surface area is 104 Å². The van der Waals surface area contributed by atoms with Crippen LogP contribution in [0.2, 0.25) is 0 Å². The van der Waals surface area contributed by atoms with Gasteiger partial charge in [-0.3, -0.25) is 0 Å². The Morgan fingerprint density at radius 3 is 2.47 bits per heavy atom. The average Bonchev–Trinajstić information content (AvgIpc) is 2.32. The van der Waals surface area contributed by atoms with Crippen LogP contribution >= 0.6 is 11.6 Å². The highest BCUT2D eigenvalue weighted by Gasteiger charge is 2.40. The van der Waals surface area contributed by atoms with E-state index < -0.39 is 17.4 Å². The van der Waals surface area contributed by atoms with Crippen molar-refractivity contribution in [1.29, 1.82) is 0 Å². The number of methoxy groups -OCH3 is 1. The van der Waals surface area contributed by atoms with Crippen LogP contribution in [0.3, 0.4) is 0 Å². The van der Waals surface area contributed by atoms with Crippen molar-refractivity contribution in [2.75, 3.05) is 13.0 Å². The van der Waals surface area contributed by atoms with Gasteiger partial charge in [-0.05, 0) is 30.5 Å². The van der Waals surface area contributed by atoms with E-state index >= 15 is 0 Å². The first-order chi connectivity index (χ1) is 8.06. The molecule has 3 nitrogen and oxygen atoms in total. The monoisotopic (exact) mass is 260 g/mol. The number of alkyl halides is 1. The van der Waals surface area contributed by atoms with Crippen LogP contribution in [0.1, 0.15) is 18.4 Å². The van der Waals surface area contributed by atoms with Gasteiger partial charge in [0.25, 0.3) is 0 Å². The summed E-state index contributed by atoms with van der Waals surface area (Å²) in [5.74, 6) is -1.17. The highest BCUT2D eigenvalue weighted by atomic mass is 35.5. The van der Waals surface area contributed by atoms with E-state index in [0.29, 0.717) is 17.9 Å². The normalized spacial score (nSPS) is 14.3. The quantitative estimate of drug-likeness (QED) is 0.800. The summed E-state index contributed by atoms with van der Waals surface area (Å²) < 4.78 is 18.0. The number of halogens is 2. The molecule has 5 heteroatoms. The number of hydrogen-bond donors (Lipinski definition) is 1. The summed E-state index contributed by atoms with van der Waals surface area (Å²) in [6.45, 7) is 0. The zero-order valence-electron chi connectivity index (χ0n) is 9.45. The highest BCUT2D eigenvalue weighted by molar-refractivity contribution is 6.17. The standard InChI is InChI=1S/C12H14ClFO3/c1-17-12(11(15)16,7-2-8-13)9-3-5-10(14)6-4-9/h3-6H,2,7-8H2,1H3,(H,15,16). The third kappa shape index (κ3) is 2.96. The fourth-order valence-electron chi connectivity index (χ4n) is 1.72. The van der Waals surface area contributed by atoms with Gasteiger partial charge in [-0.2, -0.15) is 0 Å². The number of aliphatic carboxylic acids is 1. The molecule has 0 spiro atoms. The number of hydrogen-bond acceptors (Lipinski definition) is 2. The number of carbonyl (C=O) groups is 1. The summed E-state index contributed by atoms with van der Waals surface area (Å²) in [5.41, 5.74) is -1.04. The van der Waals surface area contributed by atoms with Crippen LogP contribution < -0.4 is 0 Å². The van der Waals surface area contributed by atoms with Crippen molar-refractivity contribution in [2.45, 2.75) is 18.4 Å². The first-order valence-electron chi connectivity index (χ1n) is 5.17. The molecule has 1 unspecified atom stereocenters. The van der Waals surface area contributed by atoms with Gasteiger partial charge in [-0.25, -0.2) is 9.18 Å². The summed E-state index contributed by atoms with van der Waals surface area (Å²) in [4.78, 5) is 11.4. The molecular formula is C12H14ClFO3. The van der Waals surface area contributed by atoms with Gasteiger partial charge in [0, 0.05) is 13.0 Å². The van der Waals surface area contributed by atoms with E-state index in [1.165, 1.54) is 31.4 Å². The Hall–Kier alpha value is -1.13. The third-order valence-corrected chi connectivity index (χ3v) is 2.93. The van der Waals surface area contributed by atoms with Gasteiger partial charge in [0.15, 0.2) is 5.60 Å². The van der Waals surface area contributed by atoms with E-state index in [2.05, 4.69) is 0 Å². The second-order valence-corrected chi connectivity index (χ2v) is 4.01. The molecule has 0 saturated carbocycles. The van der Waals surface area contributed by atoms with E-state index in [0.717, 1.165) is 0 Å². The van der Waals surface area contributed by atoms with Crippen LogP contribution in [0.15, 0.2) is 24.3 Å². The highest BCUT2D eigenvalue weighted by Crippen LogP contribution is 2.31. The molecule has 1 aromatic carbocycles. The number of carboxylic acids is 1. The smallest absolute Gasteiger partial charge is 0.340 e. The minimum atomic E-state index is -1.46. The van der Waals surface area contributed by atoms with E-state index in [1.807, 2.05) is 0 Å². The maximum absolute atomic E-state index is 12.8. The second kappa shape index (κ2) is 5.98. The van der Waals surface area contributed by atoms with Gasteiger partial charge < -0.3 is 9.84 Å². The van der Waals surface area contributed by atoms with E-state index in [1.54, 1.807) is 0 Å². The minimum absolute atomic E-state index is 0.244. The van der Waals surface area contributed by atoms with Gasteiger partial charge in [-0.15, -0.1) is 11.6 Å². The maximum Gasteiger partial charge on any atom is 0.340 e. The van der Waals surface area contributed by atoms with E-state index in [-0.39, 0.29) is 6.42 Å². The fraction of sp³-hybridized carbons (Fsp3) is 0.417. The van der Waals surface area contributed by atoms with Crippen molar-refractivity contribution in [2.24, 2.45) is 0 Å². The molecule has 0 radical (unpaired) electrons. The predicted octanol–water partition coefficient (Wildman–Crippen LogP) is 2.77. The van der Waals surface area contributed by atoms with Crippen molar-refractivity contribution in [1.82, 2.24) is 0 Å². The average molecular weight is 261 g/mol. The Morgan fingerprint density at radius 1 is 1.47 bits per heavy atom. The van der Waals surface area contributed by atoms with Gasteiger partial charge in [0.2, 0.25) is 0 Å². The molecule has 0 aliphatic heterocycles. The molecule has 94 valence electrons. The molecular weight excluding hydrogens is 247 g/mol. The summed E-state index contributed by atoms with van der Waals surface area (Å²) in [5, 5.41) is 9.31. The van der Waals surface area contributed by atoms with Crippen LogP contribution in [-0.4, -0.2) is 24.1 Å². The topological polar surface area (TPSA) is 46.5 Å². The Balaban J connectivity index is 3.12. The zero-order valence-corrected chi connectivity index (χ0v) is 10.2. The Bertz CT molecular complexity index is 380. The molecule has 1 atom stereocenters. The molecule has 0 aliphatic rings. The molecule has 1 N–H and O–H groups in total. The molecule has 0 fully saturated rings. The van der Waals surface area contributed by atoms with Crippen molar-refractivity contribution in [3.63, 3.8) is 0 Å². The summed E-state index contributed by atoms with van der Waals surface area (Å²) in [7, 11) is 1.33. The van der Waals surface area contributed by atoms with Crippen LogP contribution in [0.5, 0.6) is 0 Å². The van der Waals surface area contributed by atoms with Crippen molar-refractivity contribution in [3.8, 4) is 0 Å². The van der Waals surface area contributed by atoms with Gasteiger partial charge in [0.05, 0.1) is 0 Å². The van der Waals surface area contributed by atoms with Crippen LogP contribution in [0.25, 0.3) is 0 Å². The first kappa shape index (κ1) is 13.9. The molecule has 0 amide bonds. The van der Waals surface area contributed by atoms with Gasteiger partial charge in [-0.1, -0.05) is 12.1 Å². The van der Waals surface area contributed by atoms with Crippen LogP contribution in [0.4, 0.5) is 4.39 Å². The van der Waals surface area contributed by atoms with Crippen LogP contribution in [-0.2, 0) is 15.1 Å². The number of benzene rings is 1. The molecule has 0 aliphatic carbocycles. The lowest BCUT2D eigenvalue weighted by atomic mass is 9.89. The van der Waals surface area contributed by atoms with E-state index in [4.69, 9.17) is 16.3 Å². The summed E-state index contributed by atoms with van der Waals surface area (Å²) in [6.07, 6.45) is 0.743. The van der Waals surface area contributed by atoms with Crippen molar-refractivity contribution in [3.05, 3.63) is 35.6 Å². The number of carboxylic acid groups (broad SMARTS) is 1. The maximum atomic E-state index is 12.8. The molecule has 0 aromatic heterocycles. The summed E-state index contributed by atoms with van der Waals surface area (Å²) in [6, 6.07) is 5.27. The Kier molecular flexibility index (Phi) is 4.90. The molecule has 0 heterocycles. The van der Waals surface area contributed by atoms with Crippen molar-refractivity contribution >= 4 is 17.6 Å². The van der Waals surface area contributed by atoms with E-state index in [9.17, 15) is 14.3 Å². The SMILES string of the molecule is COC(CCCCl)(C(=O)O)c1ccc(F)cc1. The first-order valence-corrected chi connectivity index (χ1v) is 5.71. The second-order valence-electron chi connectivity index (χ2n) is 3.64. The lowest BCUT2D eigenvalue weighted by molar-refractivity contribution is -0.164. The third-order valence-electron chi connectivity index (χ3n) is 2.67. The predicted molar refractivity (Wildman–Crippen MR) is 62.7 cm³/mol. The van der Waals surface area contributed by atoms with Gasteiger partial charge >= 0.3 is 5.97 Å².